The highest BCUT2D eigenvalue weighted by Crippen LogP contribution is 2.32. The third-order valence-electron chi connectivity index (χ3n) is 3.88. The zero-order chi connectivity index (χ0) is 16.0. The molecule has 3 rings (SSSR count). The zero-order valence-corrected chi connectivity index (χ0v) is 12.8. The Kier molecular flexibility index (Phi) is 3.33. The summed E-state index contributed by atoms with van der Waals surface area (Å²) in [6.07, 6.45) is 1.49. The van der Waals surface area contributed by atoms with Gasteiger partial charge in [-0.15, -0.1) is 0 Å². The predicted octanol–water partition coefficient (Wildman–Crippen LogP) is 2.19. The standard InChI is InChI=1S/C17H18O5/c1-16(2)21-14(18)13(15(19)22-16)8-11-4-6-12(7-5-11)17(3)9-20-10-17/h4-8H,9-10H2,1-3H3. The first-order chi connectivity index (χ1) is 10.3. The van der Waals surface area contributed by atoms with Crippen molar-refractivity contribution in [1.29, 1.82) is 0 Å². The lowest BCUT2D eigenvalue weighted by Crippen LogP contribution is -2.43. The van der Waals surface area contributed by atoms with Crippen molar-refractivity contribution in [3.8, 4) is 0 Å². The number of ether oxygens (including phenoxy) is 3. The first kappa shape index (κ1) is 14.8. The van der Waals surface area contributed by atoms with Crippen LogP contribution in [0.25, 0.3) is 6.08 Å². The number of rotatable bonds is 2. The fourth-order valence-electron chi connectivity index (χ4n) is 2.50. The molecule has 0 amide bonds. The van der Waals surface area contributed by atoms with Gasteiger partial charge in [0, 0.05) is 19.3 Å². The molecule has 0 aromatic heterocycles. The molecule has 2 aliphatic rings. The van der Waals surface area contributed by atoms with E-state index in [4.69, 9.17) is 14.2 Å². The molecule has 2 fully saturated rings. The molecule has 5 nitrogen and oxygen atoms in total. The number of carbonyl (C=O) groups excluding carboxylic acids is 2. The minimum atomic E-state index is -1.21. The van der Waals surface area contributed by atoms with Crippen LogP contribution in [-0.2, 0) is 29.2 Å². The average molecular weight is 302 g/mol. The molecule has 0 atom stereocenters. The molecule has 0 radical (unpaired) electrons. The maximum Gasteiger partial charge on any atom is 0.348 e. The lowest BCUT2D eigenvalue weighted by atomic mass is 9.80. The number of hydrogen-bond donors (Lipinski definition) is 0. The summed E-state index contributed by atoms with van der Waals surface area (Å²) >= 11 is 0. The molecule has 0 aliphatic carbocycles. The summed E-state index contributed by atoms with van der Waals surface area (Å²) in [5.41, 5.74) is 1.88. The molecule has 0 N–H and O–H groups in total. The third kappa shape index (κ3) is 2.64. The number of carbonyl (C=O) groups is 2. The predicted molar refractivity (Wildman–Crippen MR) is 78.9 cm³/mol. The van der Waals surface area contributed by atoms with Crippen molar-refractivity contribution >= 4 is 18.0 Å². The van der Waals surface area contributed by atoms with E-state index in [1.54, 1.807) is 0 Å². The van der Waals surface area contributed by atoms with Crippen LogP contribution in [0.3, 0.4) is 0 Å². The molecule has 116 valence electrons. The van der Waals surface area contributed by atoms with Crippen molar-refractivity contribution in [2.24, 2.45) is 0 Å². The molecule has 2 aliphatic heterocycles. The number of cyclic esters (lactones) is 2. The Morgan fingerprint density at radius 3 is 1.95 bits per heavy atom. The van der Waals surface area contributed by atoms with Crippen LogP contribution in [0.15, 0.2) is 29.8 Å². The largest absolute Gasteiger partial charge is 0.419 e. The van der Waals surface area contributed by atoms with Gasteiger partial charge in [-0.2, -0.15) is 0 Å². The van der Waals surface area contributed by atoms with Gasteiger partial charge in [-0.1, -0.05) is 31.2 Å². The van der Waals surface area contributed by atoms with E-state index in [2.05, 4.69) is 6.92 Å². The van der Waals surface area contributed by atoms with Gasteiger partial charge >= 0.3 is 11.9 Å². The molecule has 0 saturated carbocycles. The van der Waals surface area contributed by atoms with Crippen molar-refractivity contribution in [3.63, 3.8) is 0 Å². The fourth-order valence-corrected chi connectivity index (χ4v) is 2.50. The van der Waals surface area contributed by atoms with E-state index in [-0.39, 0.29) is 11.0 Å². The van der Waals surface area contributed by atoms with Crippen molar-refractivity contribution in [2.45, 2.75) is 32.0 Å². The van der Waals surface area contributed by atoms with Crippen LogP contribution in [0.5, 0.6) is 0 Å². The number of esters is 2. The highest BCUT2D eigenvalue weighted by Gasteiger charge is 2.39. The van der Waals surface area contributed by atoms with Gasteiger partial charge in [0.1, 0.15) is 5.57 Å². The van der Waals surface area contributed by atoms with Crippen molar-refractivity contribution in [3.05, 3.63) is 41.0 Å². The molecule has 5 heteroatoms. The topological polar surface area (TPSA) is 61.8 Å². The number of hydrogen-bond acceptors (Lipinski definition) is 5. The molecular weight excluding hydrogens is 284 g/mol. The Balaban J connectivity index is 1.83. The van der Waals surface area contributed by atoms with Crippen LogP contribution < -0.4 is 0 Å². The highest BCUT2D eigenvalue weighted by molar-refractivity contribution is 6.18. The first-order valence-electron chi connectivity index (χ1n) is 7.16. The molecule has 0 spiro atoms. The van der Waals surface area contributed by atoms with Crippen molar-refractivity contribution < 1.29 is 23.8 Å². The van der Waals surface area contributed by atoms with E-state index in [1.165, 1.54) is 25.5 Å². The maximum absolute atomic E-state index is 11.9. The van der Waals surface area contributed by atoms with Gasteiger partial charge in [-0.25, -0.2) is 9.59 Å². The van der Waals surface area contributed by atoms with Crippen LogP contribution in [0, 0.1) is 0 Å². The summed E-state index contributed by atoms with van der Waals surface area (Å²) < 4.78 is 15.4. The van der Waals surface area contributed by atoms with Gasteiger partial charge in [0.15, 0.2) is 0 Å². The zero-order valence-electron chi connectivity index (χ0n) is 12.8. The Morgan fingerprint density at radius 2 is 1.50 bits per heavy atom. The molecule has 0 bridgehead atoms. The average Bonchev–Trinajstić information content (AvgIpc) is 2.40. The highest BCUT2D eigenvalue weighted by atomic mass is 16.7. The van der Waals surface area contributed by atoms with E-state index < -0.39 is 17.7 Å². The van der Waals surface area contributed by atoms with E-state index in [0.29, 0.717) is 13.2 Å². The fraction of sp³-hybridized carbons (Fsp3) is 0.412. The third-order valence-corrected chi connectivity index (χ3v) is 3.88. The monoisotopic (exact) mass is 302 g/mol. The van der Waals surface area contributed by atoms with Gasteiger partial charge in [0.05, 0.1) is 13.2 Å². The SMILES string of the molecule is CC1(C)OC(=O)C(=Cc2ccc(C3(C)COC3)cc2)C(=O)O1. The summed E-state index contributed by atoms with van der Waals surface area (Å²) in [6, 6.07) is 7.70. The van der Waals surface area contributed by atoms with Crippen molar-refractivity contribution in [2.75, 3.05) is 13.2 Å². The summed E-state index contributed by atoms with van der Waals surface area (Å²) in [5.74, 6) is -2.54. The second-order valence-electron chi connectivity index (χ2n) is 6.41. The Morgan fingerprint density at radius 1 is 0.955 bits per heavy atom. The van der Waals surface area contributed by atoms with Gasteiger partial charge in [-0.3, -0.25) is 0 Å². The first-order valence-corrected chi connectivity index (χ1v) is 7.16. The van der Waals surface area contributed by atoms with Crippen molar-refractivity contribution in [1.82, 2.24) is 0 Å². The van der Waals surface area contributed by atoms with Gasteiger partial charge in [0.25, 0.3) is 5.79 Å². The lowest BCUT2D eigenvalue weighted by Gasteiger charge is -2.38. The Bertz CT molecular complexity index is 628. The molecule has 2 saturated heterocycles. The van der Waals surface area contributed by atoms with Gasteiger partial charge < -0.3 is 14.2 Å². The van der Waals surface area contributed by atoms with Gasteiger partial charge in [-0.05, 0) is 17.2 Å². The molecular formula is C17H18O5. The van der Waals surface area contributed by atoms with E-state index >= 15 is 0 Å². The van der Waals surface area contributed by atoms with E-state index in [9.17, 15) is 9.59 Å². The summed E-state index contributed by atoms with van der Waals surface area (Å²) in [4.78, 5) is 23.8. The maximum atomic E-state index is 11.9. The molecule has 22 heavy (non-hydrogen) atoms. The molecule has 0 unspecified atom stereocenters. The molecule has 1 aromatic carbocycles. The lowest BCUT2D eigenvalue weighted by molar-refractivity contribution is -0.222. The van der Waals surface area contributed by atoms with E-state index in [1.807, 2.05) is 24.3 Å². The summed E-state index contributed by atoms with van der Waals surface area (Å²) in [6.45, 7) is 6.61. The Hall–Kier alpha value is -2.14. The summed E-state index contributed by atoms with van der Waals surface area (Å²) in [7, 11) is 0. The smallest absolute Gasteiger partial charge is 0.348 e. The molecule has 2 heterocycles. The van der Waals surface area contributed by atoms with Crippen LogP contribution in [0.4, 0.5) is 0 Å². The van der Waals surface area contributed by atoms with Crippen LogP contribution >= 0.6 is 0 Å². The van der Waals surface area contributed by atoms with E-state index in [0.717, 1.165) is 5.56 Å². The quantitative estimate of drug-likeness (QED) is 0.476. The van der Waals surface area contributed by atoms with Crippen LogP contribution in [0.1, 0.15) is 31.9 Å². The normalized spacial score (nSPS) is 22.4. The molecule has 1 aromatic rings. The van der Waals surface area contributed by atoms with Gasteiger partial charge in [0.2, 0.25) is 0 Å². The minimum absolute atomic E-state index is 0.0540. The summed E-state index contributed by atoms with van der Waals surface area (Å²) in [5, 5.41) is 0. The van der Waals surface area contributed by atoms with Crippen LogP contribution in [0.2, 0.25) is 0 Å². The number of benzene rings is 1. The van der Waals surface area contributed by atoms with Crippen LogP contribution in [-0.4, -0.2) is 30.9 Å². The second kappa shape index (κ2) is 4.95. The second-order valence-corrected chi connectivity index (χ2v) is 6.41. The minimum Gasteiger partial charge on any atom is -0.419 e. The Labute approximate surface area is 128 Å².